The van der Waals surface area contributed by atoms with Crippen LogP contribution in [0.5, 0.6) is 5.75 Å². The lowest BCUT2D eigenvalue weighted by Crippen LogP contribution is -2.39. The van der Waals surface area contributed by atoms with Crippen molar-refractivity contribution in [3.63, 3.8) is 0 Å². The summed E-state index contributed by atoms with van der Waals surface area (Å²) in [6.45, 7) is 2.70. The fourth-order valence-electron chi connectivity index (χ4n) is 2.43. The van der Waals surface area contributed by atoms with Gasteiger partial charge in [0.2, 0.25) is 5.91 Å². The second kappa shape index (κ2) is 6.96. The van der Waals surface area contributed by atoms with E-state index in [4.69, 9.17) is 4.74 Å². The van der Waals surface area contributed by atoms with E-state index in [1.165, 1.54) is 16.7 Å². The number of carbonyl (C=O) groups excluding carboxylic acids is 2. The maximum absolute atomic E-state index is 12.4. The number of ether oxygens (including phenoxy) is 1. The van der Waals surface area contributed by atoms with Gasteiger partial charge in [0.15, 0.2) is 5.16 Å². The first-order valence-corrected chi connectivity index (χ1v) is 8.42. The van der Waals surface area contributed by atoms with E-state index in [-0.39, 0.29) is 11.9 Å². The summed E-state index contributed by atoms with van der Waals surface area (Å²) in [5, 5.41) is 2.92. The van der Waals surface area contributed by atoms with Crippen LogP contribution < -0.4 is 10.1 Å². The molecule has 2 heterocycles. The zero-order valence-electron chi connectivity index (χ0n) is 13.4. The van der Waals surface area contributed by atoms with Crippen LogP contribution in [0.2, 0.25) is 0 Å². The number of methoxy groups -OCH3 is 1. The minimum Gasteiger partial charge on any atom is -0.497 e. The minimum absolute atomic E-state index is 0.209. The van der Waals surface area contributed by atoms with Crippen LogP contribution >= 0.6 is 11.8 Å². The number of imide groups is 1. The molecule has 2 aromatic rings. The number of nitrogens with one attached hydrogen (secondary N) is 1. The maximum Gasteiger partial charge on any atom is 0.324 e. The van der Waals surface area contributed by atoms with Crippen LogP contribution in [0, 0.1) is 0 Å². The fourth-order valence-corrected chi connectivity index (χ4v) is 3.37. The van der Waals surface area contributed by atoms with E-state index in [0.717, 1.165) is 11.4 Å². The van der Waals surface area contributed by atoms with E-state index in [0.29, 0.717) is 18.2 Å². The molecule has 1 N–H and O–H groups in total. The van der Waals surface area contributed by atoms with Gasteiger partial charge < -0.3 is 10.1 Å². The molecule has 1 aromatic heterocycles. The van der Waals surface area contributed by atoms with Gasteiger partial charge in [0.1, 0.15) is 5.75 Å². The highest BCUT2D eigenvalue weighted by Gasteiger charge is 2.30. The lowest BCUT2D eigenvalue weighted by atomic mass is 10.3. The van der Waals surface area contributed by atoms with Crippen molar-refractivity contribution in [3.05, 3.63) is 36.7 Å². The molecule has 0 radical (unpaired) electrons. The summed E-state index contributed by atoms with van der Waals surface area (Å²) in [5.74, 6) is 0.566. The SMILES string of the molecule is COc1ccc(-n2ccnc2SC(C)C(=O)N2CCNC2=O)cc1. The Balaban J connectivity index is 1.75. The van der Waals surface area contributed by atoms with E-state index in [1.54, 1.807) is 20.2 Å². The molecule has 0 saturated carbocycles. The molecule has 24 heavy (non-hydrogen) atoms. The number of hydrogen-bond donors (Lipinski definition) is 1. The Morgan fingerprint density at radius 1 is 1.38 bits per heavy atom. The maximum atomic E-state index is 12.4. The molecule has 0 aliphatic carbocycles. The summed E-state index contributed by atoms with van der Waals surface area (Å²) in [6.07, 6.45) is 3.52. The number of urea groups is 1. The molecule has 1 aliphatic rings. The van der Waals surface area contributed by atoms with Crippen molar-refractivity contribution < 1.29 is 14.3 Å². The molecule has 1 saturated heterocycles. The number of nitrogens with zero attached hydrogens (tertiary/aromatic N) is 3. The predicted molar refractivity (Wildman–Crippen MR) is 90.5 cm³/mol. The number of imidazole rings is 1. The number of aromatic nitrogens is 2. The van der Waals surface area contributed by atoms with E-state index >= 15 is 0 Å². The number of thioether (sulfide) groups is 1. The highest BCUT2D eigenvalue weighted by molar-refractivity contribution is 8.00. The van der Waals surface area contributed by atoms with Crippen LogP contribution in [0.3, 0.4) is 0 Å². The zero-order valence-corrected chi connectivity index (χ0v) is 14.2. The van der Waals surface area contributed by atoms with Gasteiger partial charge in [-0.3, -0.25) is 14.3 Å². The van der Waals surface area contributed by atoms with Gasteiger partial charge in [-0.15, -0.1) is 0 Å². The smallest absolute Gasteiger partial charge is 0.324 e. The summed E-state index contributed by atoms with van der Waals surface area (Å²) in [4.78, 5) is 29.6. The van der Waals surface area contributed by atoms with Crippen LogP contribution in [0.1, 0.15) is 6.92 Å². The molecule has 7 nitrogen and oxygen atoms in total. The molecule has 3 rings (SSSR count). The van der Waals surface area contributed by atoms with Crippen molar-refractivity contribution in [3.8, 4) is 11.4 Å². The summed E-state index contributed by atoms with van der Waals surface area (Å²) >= 11 is 1.33. The van der Waals surface area contributed by atoms with E-state index < -0.39 is 5.25 Å². The molecule has 1 aliphatic heterocycles. The fraction of sp³-hybridized carbons (Fsp3) is 0.312. The summed E-state index contributed by atoms with van der Waals surface area (Å²) < 4.78 is 7.06. The predicted octanol–water partition coefficient (Wildman–Crippen LogP) is 1.91. The van der Waals surface area contributed by atoms with Gasteiger partial charge in [0, 0.05) is 31.2 Å². The number of amides is 3. The Labute approximate surface area is 144 Å². The monoisotopic (exact) mass is 346 g/mol. The average molecular weight is 346 g/mol. The third kappa shape index (κ3) is 3.23. The Kier molecular flexibility index (Phi) is 4.75. The average Bonchev–Trinajstić information content (AvgIpc) is 3.23. The molecular formula is C16H18N4O3S. The Morgan fingerprint density at radius 2 is 2.12 bits per heavy atom. The molecule has 3 amide bonds. The van der Waals surface area contributed by atoms with Crippen molar-refractivity contribution in [1.82, 2.24) is 19.8 Å². The van der Waals surface area contributed by atoms with Gasteiger partial charge in [0.05, 0.1) is 12.4 Å². The zero-order chi connectivity index (χ0) is 17.1. The van der Waals surface area contributed by atoms with Crippen molar-refractivity contribution >= 4 is 23.7 Å². The lowest BCUT2D eigenvalue weighted by Gasteiger charge is -2.17. The summed E-state index contributed by atoms with van der Waals surface area (Å²) in [6, 6.07) is 7.25. The third-order valence-electron chi connectivity index (χ3n) is 3.71. The molecule has 1 aromatic carbocycles. The van der Waals surface area contributed by atoms with E-state index in [2.05, 4.69) is 10.3 Å². The number of benzene rings is 1. The first kappa shape index (κ1) is 16.4. The number of carbonyl (C=O) groups is 2. The van der Waals surface area contributed by atoms with Crippen LogP contribution in [0.25, 0.3) is 5.69 Å². The first-order valence-electron chi connectivity index (χ1n) is 7.54. The molecule has 126 valence electrons. The van der Waals surface area contributed by atoms with Gasteiger partial charge in [-0.2, -0.15) is 0 Å². The Hall–Kier alpha value is -2.48. The van der Waals surface area contributed by atoms with Crippen LogP contribution in [-0.2, 0) is 4.79 Å². The quantitative estimate of drug-likeness (QED) is 0.837. The summed E-state index contributed by atoms with van der Waals surface area (Å²) in [5.41, 5.74) is 0.925. The van der Waals surface area contributed by atoms with Crippen molar-refractivity contribution in [2.75, 3.05) is 20.2 Å². The molecule has 0 spiro atoms. The minimum atomic E-state index is -0.409. The van der Waals surface area contributed by atoms with Gasteiger partial charge in [-0.25, -0.2) is 9.78 Å². The van der Waals surface area contributed by atoms with Crippen molar-refractivity contribution in [2.24, 2.45) is 0 Å². The van der Waals surface area contributed by atoms with Gasteiger partial charge in [0.25, 0.3) is 0 Å². The topological polar surface area (TPSA) is 76.5 Å². The number of hydrogen-bond acceptors (Lipinski definition) is 5. The van der Waals surface area contributed by atoms with Crippen LogP contribution in [-0.4, -0.2) is 51.8 Å². The van der Waals surface area contributed by atoms with Crippen LogP contribution in [0.4, 0.5) is 4.79 Å². The third-order valence-corrected chi connectivity index (χ3v) is 4.78. The largest absolute Gasteiger partial charge is 0.497 e. The second-order valence-corrected chi connectivity index (χ2v) is 6.57. The first-order chi connectivity index (χ1) is 11.6. The van der Waals surface area contributed by atoms with Crippen LogP contribution in [0.15, 0.2) is 41.8 Å². The second-order valence-electron chi connectivity index (χ2n) is 5.26. The van der Waals surface area contributed by atoms with Gasteiger partial charge in [-0.1, -0.05) is 11.8 Å². The molecule has 1 atom stereocenters. The Morgan fingerprint density at radius 3 is 2.75 bits per heavy atom. The van der Waals surface area contributed by atoms with E-state index in [9.17, 15) is 9.59 Å². The lowest BCUT2D eigenvalue weighted by molar-refractivity contribution is -0.126. The normalized spacial score (nSPS) is 15.2. The van der Waals surface area contributed by atoms with Gasteiger partial charge >= 0.3 is 6.03 Å². The highest BCUT2D eigenvalue weighted by Crippen LogP contribution is 2.26. The Bertz CT molecular complexity index is 744. The highest BCUT2D eigenvalue weighted by atomic mass is 32.2. The molecule has 1 unspecified atom stereocenters. The van der Waals surface area contributed by atoms with Crippen molar-refractivity contribution in [2.45, 2.75) is 17.3 Å². The summed E-state index contributed by atoms with van der Waals surface area (Å²) in [7, 11) is 1.62. The molecule has 8 heteroatoms. The molecule has 0 bridgehead atoms. The molecular weight excluding hydrogens is 328 g/mol. The van der Waals surface area contributed by atoms with Gasteiger partial charge in [-0.05, 0) is 31.2 Å². The van der Waals surface area contributed by atoms with Crippen molar-refractivity contribution in [1.29, 1.82) is 0 Å². The van der Waals surface area contributed by atoms with E-state index in [1.807, 2.05) is 35.0 Å². The molecule has 1 fully saturated rings. The number of rotatable bonds is 5. The standard InChI is InChI=1S/C16H18N4O3S/c1-11(14(21)20-10-7-17-15(20)22)24-16-18-8-9-19(16)12-3-5-13(23-2)6-4-12/h3-6,8-9,11H,7,10H2,1-2H3,(H,17,22).